The first-order valence-electron chi connectivity index (χ1n) is 8.35. The number of hydrogen-bond acceptors (Lipinski definition) is 7. The van der Waals surface area contributed by atoms with Gasteiger partial charge >= 0.3 is 11.9 Å². The van der Waals surface area contributed by atoms with Crippen molar-refractivity contribution in [3.05, 3.63) is 54.1 Å². The van der Waals surface area contributed by atoms with Crippen molar-refractivity contribution in [1.82, 2.24) is 0 Å². The topological polar surface area (TPSA) is 108 Å². The zero-order valence-electron chi connectivity index (χ0n) is 15.7. The van der Waals surface area contributed by atoms with E-state index in [4.69, 9.17) is 14.2 Å². The number of rotatable bonds is 8. The number of anilines is 1. The number of esters is 2. The summed E-state index contributed by atoms with van der Waals surface area (Å²) in [5.41, 5.74) is 0.333. The molecule has 0 fully saturated rings. The number of carbonyl (C=O) groups excluding carboxylic acids is 2. The smallest absolute Gasteiger partial charge is 0.344 e. The molecule has 0 saturated heterocycles. The van der Waals surface area contributed by atoms with Gasteiger partial charge in [-0.25, -0.2) is 18.0 Å². The Morgan fingerprint density at radius 3 is 2.36 bits per heavy atom. The second kappa shape index (κ2) is 9.23. The molecule has 0 aliphatic heterocycles. The van der Waals surface area contributed by atoms with Crippen LogP contribution in [0.2, 0.25) is 0 Å². The average molecular weight is 407 g/mol. The van der Waals surface area contributed by atoms with Gasteiger partial charge in [-0.1, -0.05) is 6.07 Å². The van der Waals surface area contributed by atoms with Crippen molar-refractivity contribution in [2.75, 3.05) is 18.4 Å². The first-order chi connectivity index (χ1) is 13.2. The largest absolute Gasteiger partial charge is 0.497 e. The van der Waals surface area contributed by atoms with Crippen LogP contribution in [0.5, 0.6) is 5.75 Å². The maximum absolute atomic E-state index is 12.5. The molecule has 8 nitrogen and oxygen atoms in total. The predicted octanol–water partition coefficient (Wildman–Crippen LogP) is 2.60. The average Bonchev–Trinajstić information content (AvgIpc) is 2.66. The summed E-state index contributed by atoms with van der Waals surface area (Å²) < 4.78 is 42.3. The lowest BCUT2D eigenvalue weighted by atomic mass is 10.2. The van der Waals surface area contributed by atoms with Gasteiger partial charge in [-0.3, -0.25) is 4.72 Å². The molecule has 1 N–H and O–H groups in total. The van der Waals surface area contributed by atoms with E-state index in [2.05, 4.69) is 4.72 Å². The normalized spacial score (nSPS) is 11.0. The lowest BCUT2D eigenvalue weighted by molar-refractivity contribution is -0.150. The standard InChI is InChI=1S/C19H21NO7S/c1-13(2)27-18(21)12-26-19(22)14-5-4-6-17(11-14)28(23,24)20-15-7-9-16(25-3)10-8-15/h4-11,13,20H,12H2,1-3H3. The molecule has 2 aromatic rings. The predicted molar refractivity (Wildman–Crippen MR) is 102 cm³/mol. The van der Waals surface area contributed by atoms with Crippen molar-refractivity contribution in [3.8, 4) is 5.75 Å². The number of methoxy groups -OCH3 is 1. The molecule has 0 unspecified atom stereocenters. The van der Waals surface area contributed by atoms with E-state index >= 15 is 0 Å². The van der Waals surface area contributed by atoms with Gasteiger partial charge in [0.25, 0.3) is 10.0 Å². The maximum atomic E-state index is 12.5. The third-order valence-electron chi connectivity index (χ3n) is 3.41. The molecule has 0 radical (unpaired) electrons. The quantitative estimate of drug-likeness (QED) is 0.670. The summed E-state index contributed by atoms with van der Waals surface area (Å²) in [4.78, 5) is 23.4. The molecule has 2 rings (SSSR count). The van der Waals surface area contributed by atoms with Crippen LogP contribution < -0.4 is 9.46 Å². The summed E-state index contributed by atoms with van der Waals surface area (Å²) in [6.45, 7) is 2.78. The van der Waals surface area contributed by atoms with Crippen LogP contribution in [0.3, 0.4) is 0 Å². The molecule has 0 saturated carbocycles. The zero-order valence-corrected chi connectivity index (χ0v) is 16.5. The van der Waals surface area contributed by atoms with Gasteiger partial charge in [0.2, 0.25) is 0 Å². The highest BCUT2D eigenvalue weighted by molar-refractivity contribution is 7.92. The van der Waals surface area contributed by atoms with E-state index in [1.807, 2.05) is 0 Å². The Morgan fingerprint density at radius 2 is 1.75 bits per heavy atom. The van der Waals surface area contributed by atoms with Crippen molar-refractivity contribution in [2.45, 2.75) is 24.8 Å². The molecule has 0 spiro atoms. The second-order valence-corrected chi connectivity index (χ2v) is 7.66. The fraction of sp³-hybridized carbons (Fsp3) is 0.263. The molecule has 2 aromatic carbocycles. The first kappa shape index (κ1) is 21.2. The van der Waals surface area contributed by atoms with Gasteiger partial charge in [-0.2, -0.15) is 0 Å². The summed E-state index contributed by atoms with van der Waals surface area (Å²) in [5.74, 6) is -0.931. The van der Waals surface area contributed by atoms with Gasteiger partial charge in [-0.05, 0) is 56.3 Å². The van der Waals surface area contributed by atoms with Gasteiger partial charge < -0.3 is 14.2 Å². The number of carbonyl (C=O) groups is 2. The molecular formula is C19H21NO7S. The molecule has 0 heterocycles. The van der Waals surface area contributed by atoms with Crippen LogP contribution >= 0.6 is 0 Å². The highest BCUT2D eigenvalue weighted by atomic mass is 32.2. The van der Waals surface area contributed by atoms with Crippen molar-refractivity contribution >= 4 is 27.6 Å². The fourth-order valence-corrected chi connectivity index (χ4v) is 3.27. The summed E-state index contributed by atoms with van der Waals surface area (Å²) in [7, 11) is -2.42. The van der Waals surface area contributed by atoms with E-state index in [0.717, 1.165) is 0 Å². The van der Waals surface area contributed by atoms with Crippen LogP contribution in [0.15, 0.2) is 53.4 Å². The summed E-state index contributed by atoms with van der Waals surface area (Å²) in [6, 6.07) is 11.6. The van der Waals surface area contributed by atoms with Gasteiger partial charge in [0.05, 0.1) is 23.7 Å². The minimum Gasteiger partial charge on any atom is -0.497 e. The SMILES string of the molecule is COc1ccc(NS(=O)(=O)c2cccc(C(=O)OCC(=O)OC(C)C)c2)cc1. The van der Waals surface area contributed by atoms with Gasteiger partial charge in [-0.15, -0.1) is 0 Å². The van der Waals surface area contributed by atoms with E-state index in [9.17, 15) is 18.0 Å². The Labute approximate surface area is 163 Å². The highest BCUT2D eigenvalue weighted by Gasteiger charge is 2.18. The van der Waals surface area contributed by atoms with E-state index in [1.165, 1.54) is 31.4 Å². The Hall–Kier alpha value is -3.07. The third-order valence-corrected chi connectivity index (χ3v) is 4.79. The summed E-state index contributed by atoms with van der Waals surface area (Å²) in [5, 5.41) is 0. The third kappa shape index (κ3) is 5.98. The second-order valence-electron chi connectivity index (χ2n) is 5.98. The molecule has 0 aliphatic carbocycles. The fourth-order valence-electron chi connectivity index (χ4n) is 2.17. The number of ether oxygens (including phenoxy) is 3. The highest BCUT2D eigenvalue weighted by Crippen LogP contribution is 2.20. The molecule has 9 heteroatoms. The van der Waals surface area contributed by atoms with E-state index in [-0.39, 0.29) is 16.6 Å². The minimum atomic E-state index is -3.93. The molecule has 150 valence electrons. The lowest BCUT2D eigenvalue weighted by Gasteiger charge is -2.10. The number of nitrogens with one attached hydrogen (secondary N) is 1. The Bertz CT molecular complexity index is 937. The summed E-state index contributed by atoms with van der Waals surface area (Å²) >= 11 is 0. The van der Waals surface area contributed by atoms with Crippen LogP contribution in [-0.4, -0.2) is 40.2 Å². The van der Waals surface area contributed by atoms with Crippen LogP contribution in [0.1, 0.15) is 24.2 Å². The van der Waals surface area contributed by atoms with Gasteiger partial charge in [0, 0.05) is 5.69 Å². The molecule has 0 aromatic heterocycles. The molecule has 0 bridgehead atoms. The van der Waals surface area contributed by atoms with E-state index < -0.39 is 28.6 Å². The van der Waals surface area contributed by atoms with Crippen molar-refractivity contribution in [3.63, 3.8) is 0 Å². The Morgan fingerprint density at radius 1 is 1.07 bits per heavy atom. The van der Waals surface area contributed by atoms with Crippen LogP contribution in [-0.2, 0) is 24.3 Å². The van der Waals surface area contributed by atoms with Gasteiger partial charge in [0.1, 0.15) is 5.75 Å². The van der Waals surface area contributed by atoms with Gasteiger partial charge in [0.15, 0.2) is 6.61 Å². The minimum absolute atomic E-state index is 0.00467. The molecular weight excluding hydrogens is 386 g/mol. The monoisotopic (exact) mass is 407 g/mol. The van der Waals surface area contributed by atoms with Crippen molar-refractivity contribution in [1.29, 1.82) is 0 Å². The summed E-state index contributed by atoms with van der Waals surface area (Å²) in [6.07, 6.45) is -0.330. The van der Waals surface area contributed by atoms with Crippen LogP contribution in [0.25, 0.3) is 0 Å². The molecule has 0 amide bonds. The van der Waals surface area contributed by atoms with Crippen molar-refractivity contribution in [2.24, 2.45) is 0 Å². The Kier molecular flexibility index (Phi) is 7.00. The van der Waals surface area contributed by atoms with Crippen LogP contribution in [0.4, 0.5) is 5.69 Å². The number of benzene rings is 2. The molecule has 0 aliphatic rings. The van der Waals surface area contributed by atoms with Crippen molar-refractivity contribution < 1.29 is 32.2 Å². The van der Waals surface area contributed by atoms with E-state index in [0.29, 0.717) is 11.4 Å². The van der Waals surface area contributed by atoms with E-state index in [1.54, 1.807) is 38.1 Å². The zero-order chi connectivity index (χ0) is 20.7. The number of sulfonamides is 1. The molecule has 0 atom stereocenters. The lowest BCUT2D eigenvalue weighted by Crippen LogP contribution is -2.20. The maximum Gasteiger partial charge on any atom is 0.344 e. The van der Waals surface area contributed by atoms with Crippen LogP contribution in [0, 0.1) is 0 Å². The Balaban J connectivity index is 2.09. The molecule has 28 heavy (non-hydrogen) atoms. The number of hydrogen-bond donors (Lipinski definition) is 1. The first-order valence-corrected chi connectivity index (χ1v) is 9.83.